The molecule has 2 rings (SSSR count). The van der Waals surface area contributed by atoms with Gasteiger partial charge in [0.1, 0.15) is 0 Å². The summed E-state index contributed by atoms with van der Waals surface area (Å²) >= 11 is 3.76. The van der Waals surface area contributed by atoms with Crippen LogP contribution in [0.15, 0.2) is 0 Å². The smallest absolute Gasteiger partial charge is 0.0829 e. The van der Waals surface area contributed by atoms with Crippen LogP contribution in [0.25, 0.3) is 0 Å². The maximum Gasteiger partial charge on any atom is 0.0829 e. The van der Waals surface area contributed by atoms with Gasteiger partial charge in [-0.1, -0.05) is 29.8 Å². The quantitative estimate of drug-likeness (QED) is 0.740. The summed E-state index contributed by atoms with van der Waals surface area (Å²) in [4.78, 5) is 5.78. The summed E-state index contributed by atoms with van der Waals surface area (Å²) in [6, 6.07) is 0. The second-order valence-corrected chi connectivity index (χ2v) is 6.60. The average molecular weight is 305 g/mol. The average Bonchev–Trinajstić information content (AvgIpc) is 2.34. The lowest BCUT2D eigenvalue weighted by atomic mass is 10.00. The highest BCUT2D eigenvalue weighted by Crippen LogP contribution is 2.23. The molecule has 3 nitrogen and oxygen atoms in total. The third-order valence-electron chi connectivity index (χ3n) is 4.02. The molecule has 4 heteroatoms. The predicted molar refractivity (Wildman–Crippen MR) is 74.8 cm³/mol. The summed E-state index contributed by atoms with van der Waals surface area (Å²) in [7, 11) is 0. The Morgan fingerprint density at radius 1 is 1.24 bits per heavy atom. The number of ether oxygens (including phenoxy) is 1. The number of likely N-dealkylation sites (tertiary alicyclic amines) is 1. The molecule has 2 aliphatic rings. The van der Waals surface area contributed by atoms with Gasteiger partial charge in [0, 0.05) is 31.0 Å². The first-order valence-electron chi connectivity index (χ1n) is 6.89. The van der Waals surface area contributed by atoms with Crippen LogP contribution in [-0.4, -0.2) is 66.6 Å². The third kappa shape index (κ3) is 3.91. The number of hydrogen-bond acceptors (Lipinski definition) is 3. The normalized spacial score (nSPS) is 37.2. The number of halogens is 1. The first-order chi connectivity index (χ1) is 8.19. The number of likely N-dealkylation sites (N-methyl/N-ethyl adjacent to an activating group) is 1. The molecule has 2 aliphatic heterocycles. The van der Waals surface area contributed by atoms with Gasteiger partial charge in [-0.2, -0.15) is 0 Å². The predicted octanol–water partition coefficient (Wildman–Crippen LogP) is 1.81. The Morgan fingerprint density at radius 3 is 2.76 bits per heavy atom. The number of piperidine rings is 1. The van der Waals surface area contributed by atoms with Gasteiger partial charge in [0.25, 0.3) is 0 Å². The topological polar surface area (TPSA) is 15.7 Å². The molecule has 0 aromatic heterocycles. The minimum Gasteiger partial charge on any atom is -0.374 e. The monoisotopic (exact) mass is 304 g/mol. The van der Waals surface area contributed by atoms with E-state index in [1.54, 1.807) is 0 Å². The molecule has 2 heterocycles. The Hall–Kier alpha value is 0.360. The molecule has 0 radical (unpaired) electrons. The third-order valence-corrected chi connectivity index (χ3v) is 5.38. The standard InChI is InChI=1S/C13H25BrN2O/c1-3-15-6-7-17-12(9-15)10-16-5-4-13(14)11(2)8-16/h11-13H,3-10H2,1-2H3. The zero-order valence-corrected chi connectivity index (χ0v) is 12.7. The largest absolute Gasteiger partial charge is 0.374 e. The summed E-state index contributed by atoms with van der Waals surface area (Å²) in [6.45, 7) is 12.4. The van der Waals surface area contributed by atoms with E-state index in [4.69, 9.17) is 4.74 Å². The molecule has 3 atom stereocenters. The first-order valence-corrected chi connectivity index (χ1v) is 7.81. The lowest BCUT2D eigenvalue weighted by Crippen LogP contribution is -2.50. The van der Waals surface area contributed by atoms with Gasteiger partial charge in [0.05, 0.1) is 12.7 Å². The van der Waals surface area contributed by atoms with Gasteiger partial charge in [0.2, 0.25) is 0 Å². The number of morpholine rings is 1. The highest BCUT2D eigenvalue weighted by Gasteiger charge is 2.27. The summed E-state index contributed by atoms with van der Waals surface area (Å²) in [5, 5.41) is 0. The molecule has 17 heavy (non-hydrogen) atoms. The van der Waals surface area contributed by atoms with Gasteiger partial charge >= 0.3 is 0 Å². The lowest BCUT2D eigenvalue weighted by molar-refractivity contribution is -0.0454. The molecular formula is C13H25BrN2O. The maximum atomic E-state index is 5.88. The lowest BCUT2D eigenvalue weighted by Gasteiger charge is -2.39. The van der Waals surface area contributed by atoms with Gasteiger partial charge in [-0.05, 0) is 25.4 Å². The highest BCUT2D eigenvalue weighted by molar-refractivity contribution is 9.09. The second kappa shape index (κ2) is 6.50. The van der Waals surface area contributed by atoms with Crippen molar-refractivity contribution in [3.63, 3.8) is 0 Å². The van der Waals surface area contributed by atoms with Crippen molar-refractivity contribution in [1.29, 1.82) is 0 Å². The van der Waals surface area contributed by atoms with Crippen LogP contribution >= 0.6 is 15.9 Å². The van der Waals surface area contributed by atoms with Gasteiger partial charge in [-0.3, -0.25) is 4.90 Å². The Labute approximate surface area is 114 Å². The zero-order chi connectivity index (χ0) is 12.3. The first kappa shape index (κ1) is 13.8. The fraction of sp³-hybridized carbons (Fsp3) is 1.00. The van der Waals surface area contributed by atoms with E-state index in [2.05, 4.69) is 39.6 Å². The fourth-order valence-electron chi connectivity index (χ4n) is 2.84. The van der Waals surface area contributed by atoms with Crippen molar-refractivity contribution in [2.24, 2.45) is 5.92 Å². The minimum absolute atomic E-state index is 0.419. The van der Waals surface area contributed by atoms with Crippen molar-refractivity contribution in [2.45, 2.75) is 31.2 Å². The molecule has 3 unspecified atom stereocenters. The number of alkyl halides is 1. The van der Waals surface area contributed by atoms with Crippen LogP contribution in [0, 0.1) is 5.92 Å². The SMILES string of the molecule is CCN1CCOC(CN2CCC(Br)C(C)C2)C1. The highest BCUT2D eigenvalue weighted by atomic mass is 79.9. The van der Waals surface area contributed by atoms with Crippen molar-refractivity contribution in [1.82, 2.24) is 9.80 Å². The van der Waals surface area contributed by atoms with Crippen LogP contribution in [0.5, 0.6) is 0 Å². The van der Waals surface area contributed by atoms with E-state index in [0.717, 1.165) is 38.7 Å². The van der Waals surface area contributed by atoms with E-state index in [1.165, 1.54) is 19.5 Å². The van der Waals surface area contributed by atoms with Crippen LogP contribution in [0.1, 0.15) is 20.3 Å². The molecule has 0 amide bonds. The number of nitrogens with zero attached hydrogens (tertiary/aromatic N) is 2. The molecule has 0 saturated carbocycles. The molecule has 0 N–H and O–H groups in total. The number of hydrogen-bond donors (Lipinski definition) is 0. The Morgan fingerprint density at radius 2 is 2.06 bits per heavy atom. The number of rotatable bonds is 3. The van der Waals surface area contributed by atoms with Gasteiger partial charge in [-0.25, -0.2) is 0 Å². The van der Waals surface area contributed by atoms with E-state index in [0.29, 0.717) is 10.9 Å². The molecule has 0 aliphatic carbocycles. The second-order valence-electron chi connectivity index (χ2n) is 5.43. The summed E-state index contributed by atoms with van der Waals surface area (Å²) in [5.74, 6) is 0.759. The maximum absolute atomic E-state index is 5.88. The van der Waals surface area contributed by atoms with E-state index >= 15 is 0 Å². The molecule has 2 saturated heterocycles. The summed E-state index contributed by atoms with van der Waals surface area (Å²) < 4.78 is 5.88. The van der Waals surface area contributed by atoms with Crippen molar-refractivity contribution in [3.8, 4) is 0 Å². The fourth-order valence-corrected chi connectivity index (χ4v) is 3.21. The molecule has 0 aromatic carbocycles. The van der Waals surface area contributed by atoms with Crippen LogP contribution in [0.2, 0.25) is 0 Å². The van der Waals surface area contributed by atoms with Crippen molar-refractivity contribution >= 4 is 15.9 Å². The van der Waals surface area contributed by atoms with Crippen LogP contribution < -0.4 is 0 Å². The van der Waals surface area contributed by atoms with E-state index in [-0.39, 0.29) is 0 Å². The van der Waals surface area contributed by atoms with Crippen molar-refractivity contribution in [3.05, 3.63) is 0 Å². The Bertz CT molecular complexity index is 235. The van der Waals surface area contributed by atoms with Crippen LogP contribution in [0.3, 0.4) is 0 Å². The summed E-state index contributed by atoms with van der Waals surface area (Å²) in [5.41, 5.74) is 0. The van der Waals surface area contributed by atoms with E-state index < -0.39 is 0 Å². The van der Waals surface area contributed by atoms with E-state index in [1.807, 2.05) is 0 Å². The van der Waals surface area contributed by atoms with Crippen molar-refractivity contribution < 1.29 is 4.74 Å². The molecule has 0 spiro atoms. The molecule has 2 fully saturated rings. The van der Waals surface area contributed by atoms with Crippen LogP contribution in [-0.2, 0) is 4.74 Å². The molecular weight excluding hydrogens is 280 g/mol. The van der Waals surface area contributed by atoms with E-state index in [9.17, 15) is 0 Å². The Balaban J connectivity index is 1.76. The molecule has 100 valence electrons. The zero-order valence-electron chi connectivity index (χ0n) is 11.1. The van der Waals surface area contributed by atoms with Crippen molar-refractivity contribution in [2.75, 3.05) is 45.9 Å². The minimum atomic E-state index is 0.419. The van der Waals surface area contributed by atoms with Gasteiger partial charge in [0.15, 0.2) is 0 Å². The molecule has 0 aromatic rings. The van der Waals surface area contributed by atoms with Gasteiger partial charge < -0.3 is 9.64 Å². The van der Waals surface area contributed by atoms with Crippen LogP contribution in [0.4, 0.5) is 0 Å². The van der Waals surface area contributed by atoms with Gasteiger partial charge in [-0.15, -0.1) is 0 Å². The summed E-state index contributed by atoms with van der Waals surface area (Å²) in [6.07, 6.45) is 1.69. The Kier molecular flexibility index (Phi) is 5.27. The molecule has 0 bridgehead atoms.